The first kappa shape index (κ1) is 24.1. The molecule has 0 amide bonds. The van der Waals surface area contributed by atoms with Gasteiger partial charge < -0.3 is 24.1 Å². The Morgan fingerprint density at radius 3 is 2.18 bits per heavy atom. The molecule has 1 aromatic heterocycles. The lowest BCUT2D eigenvalue weighted by atomic mass is 10.1. The van der Waals surface area contributed by atoms with Crippen molar-refractivity contribution in [1.29, 1.82) is 0 Å². The molecule has 3 aromatic rings. The lowest BCUT2D eigenvalue weighted by molar-refractivity contribution is -0.0834. The number of hydrogen-bond donors (Lipinski definition) is 1. The van der Waals surface area contributed by atoms with E-state index in [0.29, 0.717) is 0 Å². The highest BCUT2D eigenvalue weighted by atomic mass is 16.6. The molecule has 0 radical (unpaired) electrons. The predicted molar refractivity (Wildman–Crippen MR) is 123 cm³/mol. The molecule has 0 aliphatic carbocycles. The molecule has 0 unspecified atom stereocenters. The second-order valence-electron chi connectivity index (χ2n) is 7.94. The van der Waals surface area contributed by atoms with Crippen molar-refractivity contribution < 1.29 is 24.1 Å². The molecule has 1 fully saturated rings. The van der Waals surface area contributed by atoms with Gasteiger partial charge in [0.2, 0.25) is 0 Å². The molecule has 9 heteroatoms. The number of aromatic nitrogens is 2. The minimum Gasteiger partial charge on any atom is -0.394 e. The fourth-order valence-corrected chi connectivity index (χ4v) is 3.98. The molecule has 34 heavy (non-hydrogen) atoms. The molecular weight excluding hydrogens is 440 g/mol. The fraction of sp³-hybridized carbons (Fsp3) is 0.360. The largest absolute Gasteiger partial charge is 0.394 e. The summed E-state index contributed by atoms with van der Waals surface area (Å²) < 4.78 is 25.5. The number of ether oxygens (including phenoxy) is 4. The van der Waals surface area contributed by atoms with E-state index in [0.717, 1.165) is 15.7 Å². The van der Waals surface area contributed by atoms with E-state index in [1.54, 1.807) is 0 Å². The summed E-state index contributed by atoms with van der Waals surface area (Å²) in [6, 6.07) is 20.3. The Morgan fingerprint density at radius 1 is 0.912 bits per heavy atom. The van der Waals surface area contributed by atoms with Crippen LogP contribution >= 0.6 is 0 Å². The highest BCUT2D eigenvalue weighted by Crippen LogP contribution is 2.33. The van der Waals surface area contributed by atoms with E-state index < -0.39 is 35.8 Å². The van der Waals surface area contributed by atoms with E-state index in [2.05, 4.69) is 0 Å². The summed E-state index contributed by atoms with van der Waals surface area (Å²) in [6.45, 7) is -0.0117. The Morgan fingerprint density at radius 2 is 1.56 bits per heavy atom. The number of hydrogen-bond acceptors (Lipinski definition) is 7. The predicted octanol–water partition coefficient (Wildman–Crippen LogP) is 1.67. The Kier molecular flexibility index (Phi) is 8.04. The van der Waals surface area contributed by atoms with Crippen LogP contribution in [0.1, 0.15) is 17.4 Å². The Labute approximate surface area is 196 Å². The summed E-state index contributed by atoms with van der Waals surface area (Å²) in [6.07, 6.45) is -1.54. The molecule has 4 rings (SSSR count). The minimum atomic E-state index is -0.903. The van der Waals surface area contributed by atoms with Crippen molar-refractivity contribution in [2.24, 2.45) is 0 Å². The standard InChI is InChI=1S/C25H28N2O7/c1-31-22-20(14-28)34-24(23(22)33-16-19-10-6-3-7-11-19)26-13-12-21(29)27(25(26)30)17-32-15-18-8-4-2-5-9-18/h2-13,20,22-24,28H,14-17H2,1H3/t20-,22-,23-,24-/m1/s1. The van der Waals surface area contributed by atoms with E-state index in [1.165, 1.54) is 23.9 Å². The van der Waals surface area contributed by atoms with Crippen LogP contribution < -0.4 is 11.2 Å². The van der Waals surface area contributed by atoms with Gasteiger partial charge in [-0.05, 0) is 11.1 Å². The summed E-state index contributed by atoms with van der Waals surface area (Å²) >= 11 is 0. The van der Waals surface area contributed by atoms with Crippen molar-refractivity contribution >= 4 is 0 Å². The van der Waals surface area contributed by atoms with Crippen LogP contribution in [0.2, 0.25) is 0 Å². The Bertz CT molecular complexity index is 1160. The lowest BCUT2D eigenvalue weighted by Gasteiger charge is -2.24. The Hall–Kier alpha value is -3.08. The molecule has 1 N–H and O–H groups in total. The van der Waals surface area contributed by atoms with Gasteiger partial charge >= 0.3 is 5.69 Å². The van der Waals surface area contributed by atoms with Crippen LogP contribution in [0.15, 0.2) is 82.5 Å². The van der Waals surface area contributed by atoms with E-state index in [9.17, 15) is 14.7 Å². The maximum atomic E-state index is 13.2. The number of aliphatic hydroxyl groups is 1. The maximum absolute atomic E-state index is 13.2. The number of rotatable bonds is 10. The molecule has 4 atom stereocenters. The van der Waals surface area contributed by atoms with Crippen LogP contribution in [0, 0.1) is 0 Å². The van der Waals surface area contributed by atoms with Crippen molar-refractivity contribution in [1.82, 2.24) is 9.13 Å². The van der Waals surface area contributed by atoms with Crippen LogP contribution in [0.5, 0.6) is 0 Å². The number of aliphatic hydroxyl groups excluding tert-OH is 1. The average Bonchev–Trinajstić information content (AvgIpc) is 3.23. The smallest absolute Gasteiger partial charge is 0.335 e. The molecule has 180 valence electrons. The van der Waals surface area contributed by atoms with E-state index in [1.807, 2.05) is 60.7 Å². The molecule has 2 aromatic carbocycles. The number of benzene rings is 2. The zero-order chi connectivity index (χ0) is 23.9. The molecule has 1 saturated heterocycles. The topological polar surface area (TPSA) is 101 Å². The molecular formula is C25H28N2O7. The van der Waals surface area contributed by atoms with Gasteiger partial charge in [0, 0.05) is 19.4 Å². The first-order chi connectivity index (χ1) is 16.6. The Balaban J connectivity index is 1.56. The summed E-state index contributed by atoms with van der Waals surface area (Å²) in [5.74, 6) is 0. The second kappa shape index (κ2) is 11.4. The average molecular weight is 469 g/mol. The summed E-state index contributed by atoms with van der Waals surface area (Å²) in [4.78, 5) is 25.7. The third kappa shape index (κ3) is 5.35. The van der Waals surface area contributed by atoms with Gasteiger partial charge in [-0.15, -0.1) is 0 Å². The summed E-state index contributed by atoms with van der Waals surface area (Å²) in [7, 11) is 1.50. The molecule has 1 aliphatic rings. The third-order valence-corrected chi connectivity index (χ3v) is 5.72. The highest BCUT2D eigenvalue weighted by Gasteiger charge is 2.47. The van der Waals surface area contributed by atoms with E-state index >= 15 is 0 Å². The lowest BCUT2D eigenvalue weighted by Crippen LogP contribution is -2.44. The van der Waals surface area contributed by atoms with Gasteiger partial charge in [0.15, 0.2) is 6.23 Å². The zero-order valence-corrected chi connectivity index (χ0v) is 18.9. The fourth-order valence-electron chi connectivity index (χ4n) is 3.98. The maximum Gasteiger partial charge on any atom is 0.335 e. The van der Waals surface area contributed by atoms with Gasteiger partial charge in [-0.25, -0.2) is 9.36 Å². The van der Waals surface area contributed by atoms with Gasteiger partial charge in [-0.1, -0.05) is 60.7 Å². The van der Waals surface area contributed by atoms with Crippen molar-refractivity contribution in [3.63, 3.8) is 0 Å². The van der Waals surface area contributed by atoms with Crippen molar-refractivity contribution in [2.45, 2.75) is 44.5 Å². The first-order valence-corrected chi connectivity index (χ1v) is 11.0. The molecule has 9 nitrogen and oxygen atoms in total. The van der Waals surface area contributed by atoms with Gasteiger partial charge in [-0.2, -0.15) is 0 Å². The summed E-state index contributed by atoms with van der Waals surface area (Å²) in [5, 5.41) is 9.80. The highest BCUT2D eigenvalue weighted by molar-refractivity contribution is 5.14. The second-order valence-corrected chi connectivity index (χ2v) is 7.94. The third-order valence-electron chi connectivity index (χ3n) is 5.72. The van der Waals surface area contributed by atoms with Gasteiger partial charge in [0.1, 0.15) is 25.0 Å². The van der Waals surface area contributed by atoms with Crippen LogP contribution in [0.3, 0.4) is 0 Å². The molecule has 0 spiro atoms. The number of methoxy groups -OCH3 is 1. The molecule has 2 heterocycles. The van der Waals surface area contributed by atoms with Crippen molar-refractivity contribution in [3.8, 4) is 0 Å². The SMILES string of the molecule is CO[C@H]1[C@@H](OCc2ccccc2)[C@H](n2ccc(=O)n(COCc3ccccc3)c2=O)O[C@@H]1CO. The monoisotopic (exact) mass is 468 g/mol. The van der Waals surface area contributed by atoms with E-state index in [-0.39, 0.29) is 26.6 Å². The normalized spacial score (nSPS) is 22.2. The molecule has 0 bridgehead atoms. The van der Waals surface area contributed by atoms with E-state index in [4.69, 9.17) is 18.9 Å². The molecule has 1 aliphatic heterocycles. The van der Waals surface area contributed by atoms with Crippen molar-refractivity contribution in [3.05, 3.63) is 105 Å². The quantitative estimate of drug-likeness (QED) is 0.483. The van der Waals surface area contributed by atoms with Crippen LogP contribution in [0.25, 0.3) is 0 Å². The van der Waals surface area contributed by atoms with Gasteiger partial charge in [-0.3, -0.25) is 9.36 Å². The minimum absolute atomic E-state index is 0.215. The first-order valence-electron chi connectivity index (χ1n) is 11.0. The van der Waals surface area contributed by atoms with Crippen molar-refractivity contribution in [2.75, 3.05) is 13.7 Å². The summed E-state index contributed by atoms with van der Waals surface area (Å²) in [5.41, 5.74) is 0.771. The van der Waals surface area contributed by atoms with Gasteiger partial charge in [0.05, 0.1) is 19.8 Å². The molecule has 0 saturated carbocycles. The zero-order valence-electron chi connectivity index (χ0n) is 18.9. The van der Waals surface area contributed by atoms with Crippen LogP contribution in [-0.4, -0.2) is 46.3 Å². The van der Waals surface area contributed by atoms with Crippen LogP contribution in [0.4, 0.5) is 0 Å². The number of nitrogens with zero attached hydrogens (tertiary/aromatic N) is 2. The van der Waals surface area contributed by atoms with Gasteiger partial charge in [0.25, 0.3) is 5.56 Å². The van der Waals surface area contributed by atoms with Crippen LogP contribution in [-0.2, 0) is 38.9 Å².